The molecule has 17 heavy (non-hydrogen) atoms. The fourth-order valence-electron chi connectivity index (χ4n) is 3.10. The van der Waals surface area contributed by atoms with E-state index in [0.717, 1.165) is 19.0 Å². The van der Waals surface area contributed by atoms with Crippen LogP contribution in [0.1, 0.15) is 19.3 Å². The van der Waals surface area contributed by atoms with Crippen LogP contribution in [-0.2, 0) is 0 Å². The predicted molar refractivity (Wildman–Crippen MR) is 63.0 cm³/mol. The lowest BCUT2D eigenvalue weighted by atomic mass is 10.1. The Morgan fingerprint density at radius 2 is 1.82 bits per heavy atom. The predicted octanol–water partition coefficient (Wildman–Crippen LogP) is 2.61. The summed E-state index contributed by atoms with van der Waals surface area (Å²) >= 11 is 0. The third-order valence-electron chi connectivity index (χ3n) is 3.82. The van der Waals surface area contributed by atoms with Gasteiger partial charge in [0.1, 0.15) is 11.6 Å². The molecule has 0 saturated carbocycles. The summed E-state index contributed by atoms with van der Waals surface area (Å²) in [5, 5.41) is 3.27. The molecule has 0 radical (unpaired) electrons. The molecule has 0 aliphatic carbocycles. The minimum Gasteiger partial charge on any atom is -0.381 e. The molecule has 1 aromatic rings. The van der Waals surface area contributed by atoms with Crippen molar-refractivity contribution in [3.63, 3.8) is 0 Å². The molecular weight excluding hydrogens is 222 g/mol. The lowest BCUT2D eigenvalue weighted by Crippen LogP contribution is -2.33. The third kappa shape index (κ3) is 2.14. The maximum absolute atomic E-state index is 13.1. The minimum absolute atomic E-state index is 0.332. The summed E-state index contributed by atoms with van der Waals surface area (Å²) in [6, 6.07) is 4.50. The van der Waals surface area contributed by atoms with Crippen LogP contribution in [0.3, 0.4) is 0 Å². The van der Waals surface area contributed by atoms with Gasteiger partial charge in [0.15, 0.2) is 0 Å². The van der Waals surface area contributed by atoms with E-state index in [9.17, 15) is 8.78 Å². The molecule has 2 nitrogen and oxygen atoms in total. The Hall–Kier alpha value is -1.16. The van der Waals surface area contributed by atoms with Crippen LogP contribution in [-0.4, -0.2) is 30.1 Å². The van der Waals surface area contributed by atoms with Crippen molar-refractivity contribution in [1.82, 2.24) is 4.90 Å². The molecular formula is C13H16F2N2. The standard InChI is InChI=1S/C13H16F2N2/c14-9-6-10(15)8-11(7-9)16-12-3-5-17-4-1-2-13(12)17/h6-8,12-13,16H,1-5H2. The summed E-state index contributed by atoms with van der Waals surface area (Å²) in [5.74, 6) is -1.04. The molecule has 1 N–H and O–H groups in total. The number of fused-ring (bicyclic) bond motifs is 1. The average molecular weight is 238 g/mol. The largest absolute Gasteiger partial charge is 0.381 e. The van der Waals surface area contributed by atoms with Crippen molar-refractivity contribution in [2.24, 2.45) is 0 Å². The second-order valence-electron chi connectivity index (χ2n) is 4.94. The molecule has 1 aromatic carbocycles. The summed E-state index contributed by atoms with van der Waals surface area (Å²) in [6.07, 6.45) is 3.48. The van der Waals surface area contributed by atoms with E-state index in [1.54, 1.807) is 0 Å². The lowest BCUT2D eigenvalue weighted by molar-refractivity contribution is 0.318. The van der Waals surface area contributed by atoms with Crippen LogP contribution in [0.25, 0.3) is 0 Å². The van der Waals surface area contributed by atoms with Gasteiger partial charge in [-0.15, -0.1) is 0 Å². The van der Waals surface area contributed by atoms with Gasteiger partial charge in [-0.1, -0.05) is 0 Å². The van der Waals surface area contributed by atoms with Gasteiger partial charge in [-0.25, -0.2) is 8.78 Å². The van der Waals surface area contributed by atoms with Crippen molar-refractivity contribution in [2.75, 3.05) is 18.4 Å². The fourth-order valence-corrected chi connectivity index (χ4v) is 3.10. The van der Waals surface area contributed by atoms with Crippen LogP contribution in [0.15, 0.2) is 18.2 Å². The summed E-state index contributed by atoms with van der Waals surface area (Å²) in [4.78, 5) is 2.47. The molecule has 2 atom stereocenters. The zero-order chi connectivity index (χ0) is 11.8. The maximum Gasteiger partial charge on any atom is 0.128 e. The number of hydrogen-bond donors (Lipinski definition) is 1. The first-order chi connectivity index (χ1) is 8.22. The van der Waals surface area contributed by atoms with Gasteiger partial charge < -0.3 is 5.32 Å². The minimum atomic E-state index is -0.520. The summed E-state index contributed by atoms with van der Waals surface area (Å²) in [5.41, 5.74) is 0.557. The zero-order valence-corrected chi connectivity index (χ0v) is 9.63. The molecule has 0 amide bonds. The molecule has 2 unspecified atom stereocenters. The number of nitrogens with one attached hydrogen (secondary N) is 1. The fraction of sp³-hybridized carbons (Fsp3) is 0.538. The lowest BCUT2D eigenvalue weighted by Gasteiger charge is -2.22. The normalized spacial score (nSPS) is 28.4. The molecule has 0 bridgehead atoms. The maximum atomic E-state index is 13.1. The Bertz CT molecular complexity index is 402. The first-order valence-corrected chi connectivity index (χ1v) is 6.19. The molecule has 92 valence electrons. The van der Waals surface area contributed by atoms with Crippen LogP contribution in [0, 0.1) is 11.6 Å². The van der Waals surface area contributed by atoms with Crippen molar-refractivity contribution in [1.29, 1.82) is 0 Å². The first-order valence-electron chi connectivity index (χ1n) is 6.19. The molecule has 2 saturated heterocycles. The number of benzene rings is 1. The number of nitrogens with zero attached hydrogens (tertiary/aromatic N) is 1. The molecule has 0 spiro atoms. The second-order valence-corrected chi connectivity index (χ2v) is 4.94. The Labute approximate surface area is 99.6 Å². The first kappa shape index (κ1) is 11.0. The Kier molecular flexibility index (Phi) is 2.74. The zero-order valence-electron chi connectivity index (χ0n) is 9.63. The van der Waals surface area contributed by atoms with Gasteiger partial charge >= 0.3 is 0 Å². The van der Waals surface area contributed by atoms with E-state index >= 15 is 0 Å². The van der Waals surface area contributed by atoms with Gasteiger partial charge in [0, 0.05) is 30.4 Å². The number of rotatable bonds is 2. The van der Waals surface area contributed by atoms with Crippen molar-refractivity contribution >= 4 is 5.69 Å². The van der Waals surface area contributed by atoms with Crippen molar-refractivity contribution in [3.05, 3.63) is 29.8 Å². The Morgan fingerprint density at radius 1 is 1.06 bits per heavy atom. The highest BCUT2D eigenvalue weighted by Gasteiger charge is 2.36. The van der Waals surface area contributed by atoms with Gasteiger partial charge in [0.05, 0.1) is 0 Å². The van der Waals surface area contributed by atoms with E-state index in [4.69, 9.17) is 0 Å². The Balaban J connectivity index is 1.74. The van der Waals surface area contributed by atoms with Crippen molar-refractivity contribution < 1.29 is 8.78 Å². The quantitative estimate of drug-likeness (QED) is 0.852. The molecule has 4 heteroatoms. The van der Waals surface area contributed by atoms with E-state index in [2.05, 4.69) is 10.2 Å². The van der Waals surface area contributed by atoms with Gasteiger partial charge in [0.25, 0.3) is 0 Å². The molecule has 3 rings (SSSR count). The van der Waals surface area contributed by atoms with Crippen LogP contribution in [0.2, 0.25) is 0 Å². The smallest absolute Gasteiger partial charge is 0.128 e. The van der Waals surface area contributed by atoms with Crippen LogP contribution < -0.4 is 5.32 Å². The highest BCUT2D eigenvalue weighted by atomic mass is 19.1. The molecule has 2 aliphatic rings. The second kappa shape index (κ2) is 4.26. The van der Waals surface area contributed by atoms with Crippen molar-refractivity contribution in [2.45, 2.75) is 31.3 Å². The number of anilines is 1. The van der Waals surface area contributed by atoms with E-state index in [0.29, 0.717) is 17.8 Å². The topological polar surface area (TPSA) is 15.3 Å². The number of halogens is 2. The van der Waals surface area contributed by atoms with Gasteiger partial charge in [-0.3, -0.25) is 4.90 Å². The average Bonchev–Trinajstić information content (AvgIpc) is 2.81. The molecule has 2 aliphatic heterocycles. The highest BCUT2D eigenvalue weighted by molar-refractivity contribution is 5.45. The van der Waals surface area contributed by atoms with Gasteiger partial charge in [0.2, 0.25) is 0 Å². The summed E-state index contributed by atoms with van der Waals surface area (Å²) in [6.45, 7) is 2.26. The molecule has 0 aromatic heterocycles. The SMILES string of the molecule is Fc1cc(F)cc(NC2CCN3CCCC23)c1. The van der Waals surface area contributed by atoms with E-state index in [-0.39, 0.29) is 0 Å². The Morgan fingerprint density at radius 3 is 2.59 bits per heavy atom. The van der Waals surface area contributed by atoms with Crippen LogP contribution >= 0.6 is 0 Å². The van der Waals surface area contributed by atoms with Crippen LogP contribution in [0.5, 0.6) is 0 Å². The van der Waals surface area contributed by atoms with E-state index in [1.165, 1.54) is 31.5 Å². The van der Waals surface area contributed by atoms with Crippen molar-refractivity contribution in [3.8, 4) is 0 Å². The highest BCUT2D eigenvalue weighted by Crippen LogP contribution is 2.30. The number of hydrogen-bond acceptors (Lipinski definition) is 2. The third-order valence-corrected chi connectivity index (χ3v) is 3.82. The molecule has 2 heterocycles. The van der Waals surface area contributed by atoms with Gasteiger partial charge in [-0.05, 0) is 37.9 Å². The van der Waals surface area contributed by atoms with E-state index < -0.39 is 11.6 Å². The van der Waals surface area contributed by atoms with Crippen LogP contribution in [0.4, 0.5) is 14.5 Å². The molecule has 2 fully saturated rings. The summed E-state index contributed by atoms with van der Waals surface area (Å²) in [7, 11) is 0. The monoisotopic (exact) mass is 238 g/mol. The van der Waals surface area contributed by atoms with E-state index in [1.807, 2.05) is 0 Å². The summed E-state index contributed by atoms with van der Waals surface area (Å²) < 4.78 is 26.2. The van der Waals surface area contributed by atoms with Gasteiger partial charge in [-0.2, -0.15) is 0 Å².